The summed E-state index contributed by atoms with van der Waals surface area (Å²) in [4.78, 5) is 4.88. The summed E-state index contributed by atoms with van der Waals surface area (Å²) in [5, 5.41) is 2.41. The molecule has 0 amide bonds. The molecule has 0 radical (unpaired) electrons. The van der Waals surface area contributed by atoms with Crippen molar-refractivity contribution in [1.29, 1.82) is 0 Å². The van der Waals surface area contributed by atoms with Gasteiger partial charge in [-0.3, -0.25) is 4.98 Å². The van der Waals surface area contributed by atoms with Crippen LogP contribution in [0, 0.1) is 0 Å². The van der Waals surface area contributed by atoms with E-state index in [0.717, 1.165) is 34.6 Å². The first-order chi connectivity index (χ1) is 14.2. The van der Waals surface area contributed by atoms with E-state index in [1.165, 1.54) is 16.5 Å². The van der Waals surface area contributed by atoms with Crippen LogP contribution < -0.4 is 9.47 Å². The second-order valence-corrected chi connectivity index (χ2v) is 7.92. The number of ether oxygens (including phenoxy) is 2. The molecule has 0 fully saturated rings. The van der Waals surface area contributed by atoms with Gasteiger partial charge in [-0.1, -0.05) is 49.4 Å². The van der Waals surface area contributed by atoms with E-state index in [9.17, 15) is 0 Å². The number of methoxy groups -OCH3 is 1. The van der Waals surface area contributed by atoms with E-state index in [2.05, 4.69) is 61.5 Å². The van der Waals surface area contributed by atoms with Crippen molar-refractivity contribution in [3.05, 3.63) is 90.1 Å². The second-order valence-electron chi connectivity index (χ2n) is 7.92. The minimum absolute atomic E-state index is 0.0936. The minimum Gasteiger partial charge on any atom is -0.497 e. The Morgan fingerprint density at radius 2 is 1.72 bits per heavy atom. The third kappa shape index (κ3) is 3.03. The summed E-state index contributed by atoms with van der Waals surface area (Å²) in [5.74, 6) is 1.84. The lowest BCUT2D eigenvalue weighted by Gasteiger charge is -2.25. The van der Waals surface area contributed by atoms with Crippen molar-refractivity contribution >= 4 is 10.8 Å². The Balaban J connectivity index is 1.67. The topological polar surface area (TPSA) is 31.4 Å². The predicted octanol–water partition coefficient (Wildman–Crippen LogP) is 5.80. The van der Waals surface area contributed by atoms with E-state index in [4.69, 9.17) is 14.5 Å². The van der Waals surface area contributed by atoms with Gasteiger partial charge in [0.15, 0.2) is 0 Å². The van der Waals surface area contributed by atoms with Gasteiger partial charge in [0, 0.05) is 28.1 Å². The molecule has 0 saturated heterocycles. The summed E-state index contributed by atoms with van der Waals surface area (Å²) in [7, 11) is 1.69. The Kier molecular flexibility index (Phi) is 4.24. The summed E-state index contributed by atoms with van der Waals surface area (Å²) in [6.07, 6.45) is 2.83. The highest BCUT2D eigenvalue weighted by molar-refractivity contribution is 5.90. The van der Waals surface area contributed by atoms with E-state index in [-0.39, 0.29) is 5.41 Å². The standard InChI is InChI=1S/C26H23NO2/c1-26(17-29-24-10-6-5-9-23(24)26)15-22-21-8-4-3-7-19(21)16-27-25(22)18-11-13-20(28-2)14-12-18/h3-14,16H,15,17H2,1-2H3. The zero-order valence-corrected chi connectivity index (χ0v) is 16.7. The molecule has 1 aromatic heterocycles. The maximum absolute atomic E-state index is 6.04. The lowest BCUT2D eigenvalue weighted by molar-refractivity contribution is 0.277. The molecule has 0 bridgehead atoms. The Bertz CT molecular complexity index is 1180. The molecule has 29 heavy (non-hydrogen) atoms. The monoisotopic (exact) mass is 381 g/mol. The molecule has 1 unspecified atom stereocenters. The molecular weight excluding hydrogens is 358 g/mol. The fourth-order valence-electron chi connectivity index (χ4n) is 4.34. The maximum Gasteiger partial charge on any atom is 0.123 e. The molecule has 1 aliphatic rings. The molecule has 5 rings (SSSR count). The lowest BCUT2D eigenvalue weighted by Crippen LogP contribution is -2.27. The third-order valence-electron chi connectivity index (χ3n) is 5.92. The Labute approximate surface area is 170 Å². The van der Waals surface area contributed by atoms with Crippen molar-refractivity contribution in [2.75, 3.05) is 13.7 Å². The van der Waals surface area contributed by atoms with E-state index in [1.807, 2.05) is 24.4 Å². The van der Waals surface area contributed by atoms with Gasteiger partial charge in [0.25, 0.3) is 0 Å². The van der Waals surface area contributed by atoms with Crippen LogP contribution in [-0.4, -0.2) is 18.7 Å². The smallest absolute Gasteiger partial charge is 0.123 e. The molecular formula is C26H23NO2. The fraction of sp³-hybridized carbons (Fsp3) is 0.192. The van der Waals surface area contributed by atoms with E-state index < -0.39 is 0 Å². The van der Waals surface area contributed by atoms with Crippen molar-refractivity contribution in [1.82, 2.24) is 4.98 Å². The van der Waals surface area contributed by atoms with Crippen molar-refractivity contribution in [3.63, 3.8) is 0 Å². The first-order valence-electron chi connectivity index (χ1n) is 9.91. The van der Waals surface area contributed by atoms with Crippen molar-refractivity contribution < 1.29 is 9.47 Å². The molecule has 3 nitrogen and oxygen atoms in total. The Hall–Kier alpha value is -3.33. The normalized spacial score (nSPS) is 17.7. The number of benzene rings is 3. The Morgan fingerprint density at radius 3 is 2.55 bits per heavy atom. The first kappa shape index (κ1) is 17.7. The summed E-state index contributed by atoms with van der Waals surface area (Å²) in [6, 6.07) is 25.0. The van der Waals surface area contributed by atoms with Crippen LogP contribution in [0.4, 0.5) is 0 Å². The SMILES string of the molecule is COc1ccc(-c2ncc3ccccc3c2CC2(C)COc3ccccc32)cc1. The summed E-state index contributed by atoms with van der Waals surface area (Å²) in [5.41, 5.74) is 4.56. The summed E-state index contributed by atoms with van der Waals surface area (Å²) in [6.45, 7) is 2.97. The van der Waals surface area contributed by atoms with Gasteiger partial charge in [0.05, 0.1) is 19.4 Å². The highest BCUT2D eigenvalue weighted by atomic mass is 16.5. The highest BCUT2D eigenvalue weighted by Crippen LogP contribution is 2.43. The number of rotatable bonds is 4. The third-order valence-corrected chi connectivity index (χ3v) is 5.92. The number of pyridine rings is 1. The maximum atomic E-state index is 6.04. The van der Waals surface area contributed by atoms with Crippen molar-refractivity contribution in [2.45, 2.75) is 18.8 Å². The number of hydrogen-bond acceptors (Lipinski definition) is 3. The molecule has 4 aromatic rings. The molecule has 3 aromatic carbocycles. The summed E-state index contributed by atoms with van der Waals surface area (Å²) >= 11 is 0. The zero-order chi connectivity index (χ0) is 19.8. The predicted molar refractivity (Wildman–Crippen MR) is 117 cm³/mol. The van der Waals surface area contributed by atoms with Crippen LogP contribution in [0.1, 0.15) is 18.1 Å². The van der Waals surface area contributed by atoms with Crippen LogP contribution >= 0.6 is 0 Å². The summed E-state index contributed by atoms with van der Waals surface area (Å²) < 4.78 is 11.4. The molecule has 0 N–H and O–H groups in total. The molecule has 1 atom stereocenters. The minimum atomic E-state index is -0.0936. The molecule has 3 heteroatoms. The molecule has 1 aliphatic heterocycles. The van der Waals surface area contributed by atoms with Crippen molar-refractivity contribution in [2.24, 2.45) is 0 Å². The van der Waals surface area contributed by atoms with E-state index in [1.54, 1.807) is 7.11 Å². The highest BCUT2D eigenvalue weighted by Gasteiger charge is 2.37. The van der Waals surface area contributed by atoms with Gasteiger partial charge >= 0.3 is 0 Å². The largest absolute Gasteiger partial charge is 0.497 e. The van der Waals surface area contributed by atoms with Crippen LogP contribution in [0.15, 0.2) is 79.0 Å². The van der Waals surface area contributed by atoms with E-state index >= 15 is 0 Å². The number of para-hydroxylation sites is 1. The lowest BCUT2D eigenvalue weighted by atomic mass is 9.77. The van der Waals surface area contributed by atoms with Crippen LogP contribution in [0.2, 0.25) is 0 Å². The first-order valence-corrected chi connectivity index (χ1v) is 9.91. The van der Waals surface area contributed by atoms with Gasteiger partial charge in [-0.05, 0) is 47.7 Å². The number of aromatic nitrogens is 1. The second kappa shape index (κ2) is 6.93. The zero-order valence-electron chi connectivity index (χ0n) is 16.7. The molecule has 2 heterocycles. The fourth-order valence-corrected chi connectivity index (χ4v) is 4.34. The van der Waals surface area contributed by atoms with Gasteiger partial charge in [0.2, 0.25) is 0 Å². The van der Waals surface area contributed by atoms with E-state index in [0.29, 0.717) is 6.61 Å². The van der Waals surface area contributed by atoms with Crippen LogP contribution in [0.5, 0.6) is 11.5 Å². The average Bonchev–Trinajstić information content (AvgIpc) is 3.11. The van der Waals surface area contributed by atoms with Gasteiger partial charge in [-0.25, -0.2) is 0 Å². The van der Waals surface area contributed by atoms with Gasteiger partial charge < -0.3 is 9.47 Å². The molecule has 0 saturated carbocycles. The molecule has 144 valence electrons. The van der Waals surface area contributed by atoms with Crippen LogP contribution in [-0.2, 0) is 11.8 Å². The molecule has 0 aliphatic carbocycles. The van der Waals surface area contributed by atoms with Gasteiger partial charge in [0.1, 0.15) is 11.5 Å². The van der Waals surface area contributed by atoms with Crippen molar-refractivity contribution in [3.8, 4) is 22.8 Å². The average molecular weight is 381 g/mol. The van der Waals surface area contributed by atoms with Crippen LogP contribution in [0.3, 0.4) is 0 Å². The number of hydrogen-bond donors (Lipinski definition) is 0. The van der Waals surface area contributed by atoms with Gasteiger partial charge in [-0.2, -0.15) is 0 Å². The molecule has 0 spiro atoms. The number of fused-ring (bicyclic) bond motifs is 2. The Morgan fingerprint density at radius 1 is 0.966 bits per heavy atom. The number of nitrogens with zero attached hydrogens (tertiary/aromatic N) is 1. The quantitative estimate of drug-likeness (QED) is 0.447. The van der Waals surface area contributed by atoms with Gasteiger partial charge in [-0.15, -0.1) is 0 Å². The van der Waals surface area contributed by atoms with Crippen LogP contribution in [0.25, 0.3) is 22.0 Å².